The molecule has 1 saturated heterocycles. The van der Waals surface area contributed by atoms with E-state index in [4.69, 9.17) is 29.4 Å². The first-order valence-electron chi connectivity index (χ1n) is 11.3. The number of ether oxygens (including phenoxy) is 5. The molecule has 1 aliphatic rings. The SMILES string of the molecule is COc1ccc(C[C@H]2COC(=O)[C@@H]2Cc2ccc(OC(=O)[C@@H](N)C(C)C)c(OC)c2)cc1OC. The van der Waals surface area contributed by atoms with Crippen LogP contribution in [0.15, 0.2) is 36.4 Å². The Morgan fingerprint density at radius 3 is 2.09 bits per heavy atom. The average molecular weight is 472 g/mol. The lowest BCUT2D eigenvalue weighted by Crippen LogP contribution is -2.38. The van der Waals surface area contributed by atoms with Crippen LogP contribution in [0.4, 0.5) is 0 Å². The minimum absolute atomic E-state index is 0.0122. The summed E-state index contributed by atoms with van der Waals surface area (Å²) in [4.78, 5) is 24.8. The van der Waals surface area contributed by atoms with E-state index in [1.807, 2.05) is 38.1 Å². The van der Waals surface area contributed by atoms with Crippen molar-refractivity contribution in [3.63, 3.8) is 0 Å². The molecule has 3 atom stereocenters. The first-order chi connectivity index (χ1) is 16.3. The van der Waals surface area contributed by atoms with E-state index in [1.54, 1.807) is 26.4 Å². The van der Waals surface area contributed by atoms with Gasteiger partial charge in [-0.1, -0.05) is 26.0 Å². The maximum atomic E-state index is 12.5. The van der Waals surface area contributed by atoms with Crippen molar-refractivity contribution in [2.45, 2.75) is 32.7 Å². The van der Waals surface area contributed by atoms with Crippen LogP contribution in [0.1, 0.15) is 25.0 Å². The van der Waals surface area contributed by atoms with Crippen LogP contribution in [0, 0.1) is 17.8 Å². The molecule has 184 valence electrons. The fourth-order valence-corrected chi connectivity index (χ4v) is 3.99. The van der Waals surface area contributed by atoms with Crippen LogP contribution in [0.3, 0.4) is 0 Å². The number of cyclic esters (lactones) is 1. The van der Waals surface area contributed by atoms with Crippen LogP contribution in [-0.2, 0) is 27.2 Å². The molecule has 8 nitrogen and oxygen atoms in total. The molecule has 2 N–H and O–H groups in total. The van der Waals surface area contributed by atoms with Crippen molar-refractivity contribution >= 4 is 11.9 Å². The molecule has 0 spiro atoms. The van der Waals surface area contributed by atoms with Crippen molar-refractivity contribution in [1.29, 1.82) is 0 Å². The Morgan fingerprint density at radius 1 is 0.941 bits per heavy atom. The van der Waals surface area contributed by atoms with Gasteiger partial charge in [-0.2, -0.15) is 0 Å². The third-order valence-electron chi connectivity index (χ3n) is 6.14. The smallest absolute Gasteiger partial charge is 0.328 e. The fraction of sp³-hybridized carbons (Fsp3) is 0.462. The zero-order valence-corrected chi connectivity index (χ0v) is 20.3. The summed E-state index contributed by atoms with van der Waals surface area (Å²) < 4.78 is 27.0. The van der Waals surface area contributed by atoms with E-state index in [0.717, 1.165) is 11.1 Å². The average Bonchev–Trinajstić information content (AvgIpc) is 3.17. The number of nitrogens with two attached hydrogens (primary N) is 1. The third-order valence-corrected chi connectivity index (χ3v) is 6.14. The van der Waals surface area contributed by atoms with Crippen molar-refractivity contribution in [3.05, 3.63) is 47.5 Å². The van der Waals surface area contributed by atoms with Gasteiger partial charge in [0, 0.05) is 5.92 Å². The second-order valence-corrected chi connectivity index (χ2v) is 8.77. The number of hydrogen-bond donors (Lipinski definition) is 1. The van der Waals surface area contributed by atoms with Crippen LogP contribution in [0.5, 0.6) is 23.0 Å². The standard InChI is InChI=1S/C26H33NO7/c1-15(2)24(27)26(29)34-21-9-7-17(13-23(21)32-5)11-19-18(14-33-25(19)28)10-16-6-8-20(30-3)22(12-16)31-4/h6-9,12-13,15,18-19,24H,10-11,14,27H2,1-5H3/t18-,19+,24-/m0/s1. The molecule has 0 amide bonds. The zero-order chi connectivity index (χ0) is 24.8. The molecule has 3 rings (SSSR count). The van der Waals surface area contributed by atoms with E-state index in [9.17, 15) is 9.59 Å². The maximum Gasteiger partial charge on any atom is 0.328 e. The highest BCUT2D eigenvalue weighted by Crippen LogP contribution is 2.35. The van der Waals surface area contributed by atoms with Crippen molar-refractivity contribution in [1.82, 2.24) is 0 Å². The van der Waals surface area contributed by atoms with E-state index < -0.39 is 12.0 Å². The van der Waals surface area contributed by atoms with Crippen LogP contribution >= 0.6 is 0 Å². The Kier molecular flexibility index (Phi) is 8.39. The second-order valence-electron chi connectivity index (χ2n) is 8.77. The number of hydrogen-bond acceptors (Lipinski definition) is 8. The lowest BCUT2D eigenvalue weighted by Gasteiger charge is -2.18. The summed E-state index contributed by atoms with van der Waals surface area (Å²) in [5.41, 5.74) is 7.80. The van der Waals surface area contributed by atoms with Crippen LogP contribution in [0.25, 0.3) is 0 Å². The molecule has 1 fully saturated rings. The molecule has 1 heterocycles. The van der Waals surface area contributed by atoms with Gasteiger partial charge in [-0.15, -0.1) is 0 Å². The van der Waals surface area contributed by atoms with Gasteiger partial charge in [-0.05, 0) is 54.2 Å². The molecular weight excluding hydrogens is 438 g/mol. The van der Waals surface area contributed by atoms with Crippen molar-refractivity contribution in [3.8, 4) is 23.0 Å². The van der Waals surface area contributed by atoms with Gasteiger partial charge in [-0.3, -0.25) is 4.79 Å². The minimum Gasteiger partial charge on any atom is -0.493 e. The Morgan fingerprint density at radius 2 is 1.50 bits per heavy atom. The van der Waals surface area contributed by atoms with Gasteiger partial charge in [0.1, 0.15) is 6.04 Å². The molecule has 8 heteroatoms. The van der Waals surface area contributed by atoms with Gasteiger partial charge in [0.2, 0.25) is 0 Å². The molecule has 1 aliphatic heterocycles. The molecular formula is C26H33NO7. The fourth-order valence-electron chi connectivity index (χ4n) is 3.99. The Labute approximate surface area is 200 Å². The predicted octanol–water partition coefficient (Wildman–Crippen LogP) is 3.18. The summed E-state index contributed by atoms with van der Waals surface area (Å²) in [6.45, 7) is 4.06. The first kappa shape index (κ1) is 25.4. The number of carbonyl (C=O) groups excluding carboxylic acids is 2. The molecule has 0 radical (unpaired) electrons. The zero-order valence-electron chi connectivity index (χ0n) is 20.3. The lowest BCUT2D eigenvalue weighted by atomic mass is 9.85. The topological polar surface area (TPSA) is 106 Å². The highest BCUT2D eigenvalue weighted by atomic mass is 16.6. The van der Waals surface area contributed by atoms with Crippen LogP contribution in [-0.4, -0.2) is 45.9 Å². The monoisotopic (exact) mass is 471 g/mol. The number of esters is 2. The molecule has 0 saturated carbocycles. The van der Waals surface area contributed by atoms with E-state index in [-0.39, 0.29) is 23.7 Å². The van der Waals surface area contributed by atoms with Crippen molar-refractivity contribution in [2.75, 3.05) is 27.9 Å². The van der Waals surface area contributed by atoms with E-state index in [0.29, 0.717) is 42.4 Å². The molecule has 2 aromatic carbocycles. The van der Waals surface area contributed by atoms with Gasteiger partial charge in [0.05, 0.1) is 33.9 Å². The normalized spacial score (nSPS) is 18.4. The lowest BCUT2D eigenvalue weighted by molar-refractivity contribution is -0.141. The van der Waals surface area contributed by atoms with Crippen molar-refractivity contribution in [2.24, 2.45) is 23.5 Å². The summed E-state index contributed by atoms with van der Waals surface area (Å²) >= 11 is 0. The minimum atomic E-state index is -0.727. The summed E-state index contributed by atoms with van der Waals surface area (Å²) in [6, 6.07) is 10.3. The van der Waals surface area contributed by atoms with Crippen molar-refractivity contribution < 1.29 is 33.3 Å². The van der Waals surface area contributed by atoms with Gasteiger partial charge in [0.25, 0.3) is 0 Å². The molecule has 0 aliphatic carbocycles. The second kappa shape index (κ2) is 11.2. The maximum absolute atomic E-state index is 12.5. The Bertz CT molecular complexity index is 1020. The summed E-state index contributed by atoms with van der Waals surface area (Å²) in [5.74, 6) is 0.927. The van der Waals surface area contributed by atoms with E-state index >= 15 is 0 Å². The Balaban J connectivity index is 1.74. The first-order valence-corrected chi connectivity index (χ1v) is 11.3. The van der Waals surface area contributed by atoms with Crippen LogP contribution in [0.2, 0.25) is 0 Å². The van der Waals surface area contributed by atoms with Gasteiger partial charge < -0.3 is 29.4 Å². The summed E-state index contributed by atoms with van der Waals surface area (Å²) in [7, 11) is 4.69. The quantitative estimate of drug-likeness (QED) is 0.416. The molecule has 0 bridgehead atoms. The Hall–Kier alpha value is -3.26. The number of carbonyl (C=O) groups is 2. The molecule has 2 aromatic rings. The molecule has 0 aromatic heterocycles. The number of benzene rings is 2. The number of methoxy groups -OCH3 is 3. The van der Waals surface area contributed by atoms with Gasteiger partial charge in [-0.25, -0.2) is 4.79 Å². The molecule has 0 unspecified atom stereocenters. The van der Waals surface area contributed by atoms with Gasteiger partial charge in [0.15, 0.2) is 23.0 Å². The highest BCUT2D eigenvalue weighted by Gasteiger charge is 2.37. The summed E-state index contributed by atoms with van der Waals surface area (Å²) in [5, 5.41) is 0. The van der Waals surface area contributed by atoms with Gasteiger partial charge >= 0.3 is 11.9 Å². The van der Waals surface area contributed by atoms with E-state index in [1.165, 1.54) is 7.11 Å². The predicted molar refractivity (Wildman–Crippen MR) is 126 cm³/mol. The highest BCUT2D eigenvalue weighted by molar-refractivity contribution is 5.79. The largest absolute Gasteiger partial charge is 0.493 e. The third kappa shape index (κ3) is 5.80. The molecule has 34 heavy (non-hydrogen) atoms. The summed E-state index contributed by atoms with van der Waals surface area (Å²) in [6.07, 6.45) is 1.14. The number of rotatable bonds is 10. The van der Waals surface area contributed by atoms with Crippen LogP contribution < -0.4 is 24.7 Å². The van der Waals surface area contributed by atoms with E-state index in [2.05, 4.69) is 0 Å².